The molecular formula is C14H22N4O. The van der Waals surface area contributed by atoms with Crippen LogP contribution in [0.25, 0.3) is 0 Å². The maximum absolute atomic E-state index is 12.5. The van der Waals surface area contributed by atoms with Crippen molar-refractivity contribution in [2.75, 3.05) is 12.5 Å². The van der Waals surface area contributed by atoms with E-state index >= 15 is 0 Å². The summed E-state index contributed by atoms with van der Waals surface area (Å²) in [4.78, 5) is 18.4. The van der Waals surface area contributed by atoms with Crippen LogP contribution in [0, 0.1) is 0 Å². The molecule has 104 valence electrons. The van der Waals surface area contributed by atoms with E-state index in [-0.39, 0.29) is 5.91 Å². The smallest absolute Gasteiger partial charge is 0.257 e. The van der Waals surface area contributed by atoms with Crippen molar-refractivity contribution in [3.8, 4) is 0 Å². The zero-order valence-electron chi connectivity index (χ0n) is 11.4. The van der Waals surface area contributed by atoms with Crippen LogP contribution in [0.15, 0.2) is 18.5 Å². The molecule has 0 bridgehead atoms. The number of pyridine rings is 1. The highest BCUT2D eigenvalue weighted by molar-refractivity contribution is 5.99. The first-order valence-corrected chi connectivity index (χ1v) is 6.92. The Kier molecular flexibility index (Phi) is 4.74. The van der Waals surface area contributed by atoms with Gasteiger partial charge in [0, 0.05) is 25.5 Å². The van der Waals surface area contributed by atoms with E-state index < -0.39 is 0 Å². The number of anilines is 1. The van der Waals surface area contributed by atoms with Gasteiger partial charge in [-0.05, 0) is 18.9 Å². The van der Waals surface area contributed by atoms with Crippen molar-refractivity contribution in [2.45, 2.75) is 44.6 Å². The van der Waals surface area contributed by atoms with E-state index in [0.717, 1.165) is 12.8 Å². The van der Waals surface area contributed by atoms with Crippen molar-refractivity contribution < 1.29 is 4.79 Å². The Labute approximate surface area is 114 Å². The number of hydrazine groups is 1. The summed E-state index contributed by atoms with van der Waals surface area (Å²) in [6.07, 6.45) is 10.3. The van der Waals surface area contributed by atoms with Gasteiger partial charge in [-0.25, -0.2) is 0 Å². The van der Waals surface area contributed by atoms with Gasteiger partial charge in [0.15, 0.2) is 0 Å². The lowest BCUT2D eigenvalue weighted by Crippen LogP contribution is -2.37. The van der Waals surface area contributed by atoms with E-state index in [1.54, 1.807) is 18.5 Å². The summed E-state index contributed by atoms with van der Waals surface area (Å²) < 4.78 is 0. The monoisotopic (exact) mass is 262 g/mol. The van der Waals surface area contributed by atoms with Crippen LogP contribution in [0.2, 0.25) is 0 Å². The molecule has 0 spiro atoms. The number of nitrogens with one attached hydrogen (secondary N) is 1. The highest BCUT2D eigenvalue weighted by Gasteiger charge is 2.23. The van der Waals surface area contributed by atoms with E-state index in [9.17, 15) is 4.79 Å². The summed E-state index contributed by atoms with van der Waals surface area (Å²) in [6, 6.07) is 2.05. The number of carbonyl (C=O) groups excluding carboxylic acids is 1. The molecule has 5 heteroatoms. The number of carbonyl (C=O) groups is 1. The first-order valence-electron chi connectivity index (χ1n) is 6.92. The molecular weight excluding hydrogens is 240 g/mol. The predicted molar refractivity (Wildman–Crippen MR) is 75.6 cm³/mol. The van der Waals surface area contributed by atoms with Gasteiger partial charge >= 0.3 is 0 Å². The minimum absolute atomic E-state index is 0.00653. The molecule has 0 radical (unpaired) electrons. The lowest BCUT2D eigenvalue weighted by molar-refractivity contribution is 0.0718. The second-order valence-electron chi connectivity index (χ2n) is 5.13. The Morgan fingerprint density at radius 1 is 1.37 bits per heavy atom. The number of hydrogen-bond donors (Lipinski definition) is 2. The molecule has 0 saturated heterocycles. The van der Waals surface area contributed by atoms with Gasteiger partial charge in [-0.3, -0.25) is 15.6 Å². The molecule has 3 N–H and O–H groups in total. The molecule has 0 aromatic carbocycles. The minimum Gasteiger partial charge on any atom is -0.339 e. The van der Waals surface area contributed by atoms with Crippen molar-refractivity contribution in [1.29, 1.82) is 0 Å². The van der Waals surface area contributed by atoms with Crippen LogP contribution >= 0.6 is 0 Å². The van der Waals surface area contributed by atoms with Crippen LogP contribution in [0.5, 0.6) is 0 Å². The summed E-state index contributed by atoms with van der Waals surface area (Å²) in [5, 5.41) is 0. The zero-order chi connectivity index (χ0) is 13.7. The SMILES string of the molecule is CN(C(=O)c1cnccc1NN)C1CCCCCC1. The minimum atomic E-state index is -0.00653. The maximum atomic E-state index is 12.5. The standard InChI is InChI=1S/C14H22N4O/c1-18(11-6-4-2-3-5-7-11)14(19)12-10-16-9-8-13(12)17-15/h8-11H,2-7,15H2,1H3,(H,16,17). The maximum Gasteiger partial charge on any atom is 0.257 e. The Morgan fingerprint density at radius 3 is 2.68 bits per heavy atom. The van der Waals surface area contributed by atoms with Crippen LogP contribution in [0.1, 0.15) is 48.9 Å². The van der Waals surface area contributed by atoms with Crippen LogP contribution < -0.4 is 11.3 Å². The van der Waals surface area contributed by atoms with Crippen LogP contribution in [-0.2, 0) is 0 Å². The second-order valence-corrected chi connectivity index (χ2v) is 5.13. The first kappa shape index (κ1) is 13.8. The summed E-state index contributed by atoms with van der Waals surface area (Å²) in [6.45, 7) is 0. The zero-order valence-corrected chi connectivity index (χ0v) is 11.4. The van der Waals surface area contributed by atoms with Gasteiger partial charge in [0.25, 0.3) is 5.91 Å². The van der Waals surface area contributed by atoms with Crippen LogP contribution in [-0.4, -0.2) is 28.9 Å². The van der Waals surface area contributed by atoms with E-state index in [2.05, 4.69) is 10.4 Å². The molecule has 1 aliphatic rings. The molecule has 19 heavy (non-hydrogen) atoms. The largest absolute Gasteiger partial charge is 0.339 e. The van der Waals surface area contributed by atoms with Crippen molar-refractivity contribution in [2.24, 2.45) is 5.84 Å². The number of aromatic nitrogens is 1. The van der Waals surface area contributed by atoms with Gasteiger partial charge < -0.3 is 10.3 Å². The third-order valence-corrected chi connectivity index (χ3v) is 3.90. The van der Waals surface area contributed by atoms with Crippen molar-refractivity contribution in [3.05, 3.63) is 24.0 Å². The van der Waals surface area contributed by atoms with Gasteiger partial charge in [0.05, 0.1) is 11.3 Å². The topological polar surface area (TPSA) is 71.2 Å². The molecule has 1 aromatic rings. The number of amides is 1. The van der Waals surface area contributed by atoms with Crippen molar-refractivity contribution in [3.63, 3.8) is 0 Å². The highest BCUT2D eigenvalue weighted by atomic mass is 16.2. The number of nitrogens with two attached hydrogens (primary N) is 1. The summed E-state index contributed by atoms with van der Waals surface area (Å²) in [5.41, 5.74) is 3.72. The fourth-order valence-corrected chi connectivity index (χ4v) is 2.69. The average molecular weight is 262 g/mol. The van der Waals surface area contributed by atoms with Gasteiger partial charge in [-0.2, -0.15) is 0 Å². The summed E-state index contributed by atoms with van der Waals surface area (Å²) in [7, 11) is 1.88. The molecule has 1 amide bonds. The molecule has 1 fully saturated rings. The van der Waals surface area contributed by atoms with Gasteiger partial charge in [-0.15, -0.1) is 0 Å². The number of nitrogen functional groups attached to an aromatic ring is 1. The molecule has 0 unspecified atom stereocenters. The van der Waals surface area contributed by atoms with E-state index in [1.165, 1.54) is 25.7 Å². The second kappa shape index (κ2) is 6.52. The Morgan fingerprint density at radius 2 is 2.05 bits per heavy atom. The molecule has 0 aliphatic heterocycles. The third kappa shape index (κ3) is 3.23. The van der Waals surface area contributed by atoms with Gasteiger partial charge in [0.1, 0.15) is 0 Å². The normalized spacial score (nSPS) is 16.7. The average Bonchev–Trinajstić information content (AvgIpc) is 2.74. The molecule has 1 heterocycles. The van der Waals surface area contributed by atoms with Crippen molar-refractivity contribution >= 4 is 11.6 Å². The number of nitrogens with zero attached hydrogens (tertiary/aromatic N) is 2. The lowest BCUT2D eigenvalue weighted by atomic mass is 10.1. The Hall–Kier alpha value is -1.62. The summed E-state index contributed by atoms with van der Waals surface area (Å²) >= 11 is 0. The van der Waals surface area contributed by atoms with Crippen molar-refractivity contribution in [1.82, 2.24) is 9.88 Å². The molecule has 1 aromatic heterocycles. The van der Waals surface area contributed by atoms with Gasteiger partial charge in [0.2, 0.25) is 0 Å². The molecule has 5 nitrogen and oxygen atoms in total. The number of hydrogen-bond acceptors (Lipinski definition) is 4. The summed E-state index contributed by atoms with van der Waals surface area (Å²) in [5.74, 6) is 5.44. The number of rotatable bonds is 3. The van der Waals surface area contributed by atoms with Crippen LogP contribution in [0.3, 0.4) is 0 Å². The van der Waals surface area contributed by atoms with Crippen LogP contribution in [0.4, 0.5) is 5.69 Å². The molecule has 1 saturated carbocycles. The van der Waals surface area contributed by atoms with E-state index in [1.807, 2.05) is 11.9 Å². The lowest BCUT2D eigenvalue weighted by Gasteiger charge is -2.27. The van der Waals surface area contributed by atoms with E-state index in [0.29, 0.717) is 17.3 Å². The first-order chi connectivity index (χ1) is 9.24. The predicted octanol–water partition coefficient (Wildman–Crippen LogP) is 2.16. The fourth-order valence-electron chi connectivity index (χ4n) is 2.69. The highest BCUT2D eigenvalue weighted by Crippen LogP contribution is 2.23. The Bertz CT molecular complexity index is 427. The molecule has 0 atom stereocenters. The fraction of sp³-hybridized carbons (Fsp3) is 0.571. The quantitative estimate of drug-likeness (QED) is 0.497. The third-order valence-electron chi connectivity index (χ3n) is 3.90. The van der Waals surface area contributed by atoms with E-state index in [4.69, 9.17) is 5.84 Å². The molecule has 2 rings (SSSR count). The Balaban J connectivity index is 2.13. The van der Waals surface area contributed by atoms with Gasteiger partial charge in [-0.1, -0.05) is 25.7 Å². The molecule has 1 aliphatic carbocycles.